The lowest BCUT2D eigenvalue weighted by atomic mass is 10.1. The number of non-ortho nitro benzene ring substituents is 1. The summed E-state index contributed by atoms with van der Waals surface area (Å²) in [4.78, 5) is 28.2. The van der Waals surface area contributed by atoms with Crippen molar-refractivity contribution in [2.75, 3.05) is 0 Å². The smallest absolute Gasteiger partial charge is 0.317 e. The van der Waals surface area contributed by atoms with Gasteiger partial charge in [-0.2, -0.15) is 0 Å². The molecular weight excluding hydrogens is 234 g/mol. The van der Waals surface area contributed by atoms with Gasteiger partial charge in [0, 0.05) is 6.07 Å². The molecule has 82 valence electrons. The highest BCUT2D eigenvalue weighted by atomic mass is 35.5. The zero-order valence-corrected chi connectivity index (χ0v) is 8.91. The van der Waals surface area contributed by atoms with E-state index in [-0.39, 0.29) is 10.7 Å². The number of rotatable bonds is 1. The lowest BCUT2D eigenvalue weighted by Crippen LogP contribution is -2.13. The van der Waals surface area contributed by atoms with E-state index in [9.17, 15) is 14.9 Å². The average Bonchev–Trinajstić information content (AvgIpc) is 2.15. The lowest BCUT2D eigenvalue weighted by molar-refractivity contribution is -0.385. The molecule has 0 spiro atoms. The number of nitrogens with zero attached hydrogens (tertiary/aromatic N) is 2. The van der Waals surface area contributed by atoms with Crippen molar-refractivity contribution in [2.45, 2.75) is 6.92 Å². The Balaban J connectivity index is 2.90. The quantitative estimate of drug-likeness (QED) is 0.466. The highest BCUT2D eigenvalue weighted by Crippen LogP contribution is 2.25. The topological polar surface area (TPSA) is 88.9 Å². The second kappa shape index (κ2) is 3.57. The first-order valence-electron chi connectivity index (χ1n) is 4.34. The number of fused-ring (bicyclic) bond motifs is 1. The van der Waals surface area contributed by atoms with Gasteiger partial charge in [0.1, 0.15) is 11.0 Å². The number of aromatic nitrogens is 2. The number of aryl methyl sites for hydroxylation is 1. The Morgan fingerprint density at radius 3 is 2.81 bits per heavy atom. The van der Waals surface area contributed by atoms with Crippen molar-refractivity contribution < 1.29 is 4.92 Å². The molecule has 0 saturated heterocycles. The summed E-state index contributed by atoms with van der Waals surface area (Å²) in [5.74, 6) is 0.533. The SMILES string of the molecule is Cc1nc(Cl)c2c(=O)c([N+](=O)[O-])ccc-2[nH]1. The van der Waals surface area contributed by atoms with E-state index >= 15 is 0 Å². The second-order valence-electron chi connectivity index (χ2n) is 3.21. The molecule has 1 aliphatic heterocycles. The zero-order valence-electron chi connectivity index (χ0n) is 8.15. The van der Waals surface area contributed by atoms with Gasteiger partial charge in [-0.15, -0.1) is 0 Å². The molecule has 16 heavy (non-hydrogen) atoms. The van der Waals surface area contributed by atoms with Gasteiger partial charge in [0.15, 0.2) is 0 Å². The Morgan fingerprint density at radius 1 is 1.50 bits per heavy atom. The van der Waals surface area contributed by atoms with Gasteiger partial charge >= 0.3 is 5.69 Å². The molecule has 2 rings (SSSR count). The minimum absolute atomic E-state index is 0.0278. The van der Waals surface area contributed by atoms with E-state index in [0.717, 1.165) is 6.07 Å². The van der Waals surface area contributed by atoms with Crippen LogP contribution in [0.4, 0.5) is 5.69 Å². The van der Waals surface area contributed by atoms with Crippen LogP contribution in [0, 0.1) is 17.0 Å². The van der Waals surface area contributed by atoms with Crippen molar-refractivity contribution in [1.29, 1.82) is 0 Å². The van der Waals surface area contributed by atoms with Crippen molar-refractivity contribution in [3.05, 3.63) is 43.4 Å². The van der Waals surface area contributed by atoms with Crippen LogP contribution in [0.1, 0.15) is 5.82 Å². The summed E-state index contributed by atoms with van der Waals surface area (Å²) in [5.41, 5.74) is -0.751. The van der Waals surface area contributed by atoms with E-state index in [0.29, 0.717) is 11.5 Å². The second-order valence-corrected chi connectivity index (χ2v) is 3.56. The van der Waals surface area contributed by atoms with Gasteiger partial charge in [-0.25, -0.2) is 4.98 Å². The van der Waals surface area contributed by atoms with E-state index in [4.69, 9.17) is 11.6 Å². The van der Waals surface area contributed by atoms with E-state index < -0.39 is 16.0 Å². The minimum atomic E-state index is -0.738. The molecule has 0 atom stereocenters. The third-order valence-electron chi connectivity index (χ3n) is 2.12. The van der Waals surface area contributed by atoms with Gasteiger partial charge < -0.3 is 4.98 Å². The first-order chi connectivity index (χ1) is 7.50. The summed E-state index contributed by atoms with van der Waals surface area (Å²) in [7, 11) is 0. The van der Waals surface area contributed by atoms with Crippen LogP contribution in [0.15, 0.2) is 16.9 Å². The molecule has 0 unspecified atom stereocenters. The molecule has 1 heterocycles. The number of nitro benzene ring substituents is 1. The van der Waals surface area contributed by atoms with Gasteiger partial charge in [-0.1, -0.05) is 11.6 Å². The third kappa shape index (κ3) is 1.53. The summed E-state index contributed by atoms with van der Waals surface area (Å²) in [5, 5.41) is 10.5. The molecule has 0 aromatic carbocycles. The Kier molecular flexibility index (Phi) is 2.35. The average molecular weight is 240 g/mol. The summed E-state index contributed by atoms with van der Waals surface area (Å²) in [6.45, 7) is 1.68. The fourth-order valence-corrected chi connectivity index (χ4v) is 1.76. The summed E-state index contributed by atoms with van der Waals surface area (Å²) in [6.07, 6.45) is 0. The number of H-pyrrole nitrogens is 1. The maximum atomic E-state index is 11.7. The van der Waals surface area contributed by atoms with Crippen LogP contribution in [0.3, 0.4) is 0 Å². The van der Waals surface area contributed by atoms with Crippen LogP contribution >= 0.6 is 11.6 Å². The molecule has 7 heteroatoms. The molecule has 1 N–H and O–H groups in total. The van der Waals surface area contributed by atoms with Crippen molar-refractivity contribution >= 4 is 17.3 Å². The van der Waals surface area contributed by atoms with Gasteiger partial charge in [-0.05, 0) is 13.0 Å². The Morgan fingerprint density at radius 2 is 2.19 bits per heavy atom. The van der Waals surface area contributed by atoms with Crippen LogP contribution in [-0.2, 0) is 0 Å². The summed E-state index contributed by atoms with van der Waals surface area (Å²) in [6, 6.07) is 2.59. The number of nitro groups is 1. The van der Waals surface area contributed by atoms with Crippen molar-refractivity contribution in [3.8, 4) is 11.3 Å². The van der Waals surface area contributed by atoms with Gasteiger partial charge in [0.05, 0.1) is 16.2 Å². The zero-order chi connectivity index (χ0) is 11.9. The molecule has 0 aromatic heterocycles. The van der Waals surface area contributed by atoms with Gasteiger partial charge in [0.25, 0.3) is 5.43 Å². The standard InChI is InChI=1S/C9H6ClN3O3/c1-4-11-5-2-3-6(13(15)16)8(14)7(5)9(10)12-4/h2-3H,1H3,(H,11,12). The highest BCUT2D eigenvalue weighted by molar-refractivity contribution is 6.32. The van der Waals surface area contributed by atoms with E-state index in [2.05, 4.69) is 9.97 Å². The molecule has 2 aliphatic rings. The highest BCUT2D eigenvalue weighted by Gasteiger charge is 2.21. The number of benzene rings is 1. The first kappa shape index (κ1) is 10.6. The number of hydrogen-bond donors (Lipinski definition) is 1. The number of nitrogens with one attached hydrogen (secondary N) is 1. The fourth-order valence-electron chi connectivity index (χ4n) is 1.45. The summed E-state index contributed by atoms with van der Waals surface area (Å²) >= 11 is 5.79. The maximum Gasteiger partial charge on any atom is 0.317 e. The molecule has 0 aromatic rings. The van der Waals surface area contributed by atoms with E-state index in [1.165, 1.54) is 6.07 Å². The Hall–Kier alpha value is -1.95. The third-order valence-corrected chi connectivity index (χ3v) is 2.39. The predicted octanol–water partition coefficient (Wildman–Crippen LogP) is 1.74. The lowest BCUT2D eigenvalue weighted by Gasteiger charge is -2.07. The van der Waals surface area contributed by atoms with Crippen molar-refractivity contribution in [1.82, 2.24) is 9.97 Å². The van der Waals surface area contributed by atoms with E-state index in [1.807, 2.05) is 0 Å². The molecule has 6 nitrogen and oxygen atoms in total. The normalized spacial score (nSPS) is 10.6. The largest absolute Gasteiger partial charge is 0.343 e. The van der Waals surface area contributed by atoms with Crippen molar-refractivity contribution in [2.24, 2.45) is 0 Å². The van der Waals surface area contributed by atoms with Crippen LogP contribution in [0.2, 0.25) is 5.15 Å². The Bertz CT molecular complexity index is 608. The molecule has 0 fully saturated rings. The van der Waals surface area contributed by atoms with Gasteiger partial charge in [-0.3, -0.25) is 14.9 Å². The Labute approximate surface area is 94.4 Å². The molecule has 1 aliphatic carbocycles. The molecular formula is C9H6ClN3O3. The molecule has 0 amide bonds. The monoisotopic (exact) mass is 239 g/mol. The predicted molar refractivity (Wildman–Crippen MR) is 57.9 cm³/mol. The van der Waals surface area contributed by atoms with Crippen LogP contribution in [0.25, 0.3) is 11.3 Å². The number of aromatic amines is 1. The van der Waals surface area contributed by atoms with Crippen molar-refractivity contribution in [3.63, 3.8) is 0 Å². The minimum Gasteiger partial charge on any atom is -0.343 e. The van der Waals surface area contributed by atoms with E-state index in [1.54, 1.807) is 6.92 Å². The molecule has 0 radical (unpaired) electrons. The van der Waals surface area contributed by atoms with Gasteiger partial charge in [0.2, 0.25) is 0 Å². The fraction of sp³-hybridized carbons (Fsp3) is 0.111. The first-order valence-corrected chi connectivity index (χ1v) is 4.72. The van der Waals surface area contributed by atoms with Crippen LogP contribution in [-0.4, -0.2) is 14.9 Å². The maximum absolute atomic E-state index is 11.7. The summed E-state index contributed by atoms with van der Waals surface area (Å²) < 4.78 is 0. The van der Waals surface area contributed by atoms with Crippen LogP contribution < -0.4 is 5.43 Å². The molecule has 0 saturated carbocycles. The van der Waals surface area contributed by atoms with Crippen LogP contribution in [0.5, 0.6) is 0 Å². The number of halogens is 1. The molecule has 0 bridgehead atoms. The number of hydrogen-bond acceptors (Lipinski definition) is 4.